The van der Waals surface area contributed by atoms with Gasteiger partial charge < -0.3 is 14.0 Å². The van der Waals surface area contributed by atoms with Gasteiger partial charge in [0.1, 0.15) is 11.4 Å². The maximum atomic E-state index is 12.5. The molecule has 0 amide bonds. The van der Waals surface area contributed by atoms with Crippen molar-refractivity contribution in [2.24, 2.45) is 0 Å². The highest BCUT2D eigenvalue weighted by molar-refractivity contribution is 14.1. The first-order valence-corrected chi connectivity index (χ1v) is 10.5. The molecule has 1 aromatic heterocycles. The number of benzene rings is 2. The molecule has 0 spiro atoms. The van der Waals surface area contributed by atoms with Gasteiger partial charge in [-0.2, -0.15) is 0 Å². The predicted octanol–water partition coefficient (Wildman–Crippen LogP) is 5.73. The summed E-state index contributed by atoms with van der Waals surface area (Å²) >= 11 is 2.28. The fourth-order valence-corrected chi connectivity index (χ4v) is 4.21. The molecule has 4 nitrogen and oxygen atoms in total. The number of carbonyl (C=O) groups is 1. The zero-order chi connectivity index (χ0) is 18.8. The summed E-state index contributed by atoms with van der Waals surface area (Å²) in [6.45, 7) is 2.18. The lowest BCUT2D eigenvalue weighted by atomic mass is 10.2. The molecule has 2 aromatic carbocycles. The third kappa shape index (κ3) is 3.83. The quantitative estimate of drug-likeness (QED) is 0.350. The molecular weight excluding hydrogens is 453 g/mol. The highest BCUT2D eigenvalue weighted by Crippen LogP contribution is 2.29. The smallest absolute Gasteiger partial charge is 0.355 e. The van der Waals surface area contributed by atoms with Crippen molar-refractivity contribution >= 4 is 39.5 Å². The largest absolute Gasteiger partial charge is 0.490 e. The van der Waals surface area contributed by atoms with Gasteiger partial charge >= 0.3 is 5.97 Å². The number of hydrogen-bond donors (Lipinski definition) is 0. The van der Waals surface area contributed by atoms with Crippen molar-refractivity contribution in [3.8, 4) is 11.4 Å². The molecule has 1 aliphatic carbocycles. The van der Waals surface area contributed by atoms with Crippen LogP contribution in [0.2, 0.25) is 0 Å². The molecule has 0 bridgehead atoms. The second kappa shape index (κ2) is 7.92. The minimum absolute atomic E-state index is 0.310. The number of fused-ring (bicyclic) bond motifs is 1. The van der Waals surface area contributed by atoms with E-state index in [9.17, 15) is 4.79 Å². The van der Waals surface area contributed by atoms with Gasteiger partial charge in [-0.3, -0.25) is 0 Å². The van der Waals surface area contributed by atoms with Crippen LogP contribution in [0, 0.1) is 3.57 Å². The van der Waals surface area contributed by atoms with Crippen LogP contribution in [-0.2, 0) is 4.74 Å². The molecule has 1 aliphatic rings. The molecule has 140 valence electrons. The van der Waals surface area contributed by atoms with Crippen molar-refractivity contribution < 1.29 is 14.3 Å². The van der Waals surface area contributed by atoms with Crippen molar-refractivity contribution in [3.05, 3.63) is 57.8 Å². The number of ether oxygens (including phenoxy) is 2. The third-order valence-electron chi connectivity index (χ3n) is 4.95. The molecule has 5 heteroatoms. The predicted molar refractivity (Wildman–Crippen MR) is 115 cm³/mol. The van der Waals surface area contributed by atoms with Gasteiger partial charge in [0.25, 0.3) is 0 Å². The van der Waals surface area contributed by atoms with E-state index in [0.29, 0.717) is 18.4 Å². The number of halogens is 1. The zero-order valence-electron chi connectivity index (χ0n) is 15.3. The van der Waals surface area contributed by atoms with E-state index in [4.69, 9.17) is 9.47 Å². The van der Waals surface area contributed by atoms with E-state index in [1.165, 1.54) is 12.8 Å². The third-order valence-corrected chi connectivity index (χ3v) is 5.62. The molecule has 1 fully saturated rings. The normalized spacial score (nSPS) is 14.6. The molecular formula is C22H22INO3. The van der Waals surface area contributed by atoms with Crippen LogP contribution in [-0.4, -0.2) is 23.2 Å². The lowest BCUT2D eigenvalue weighted by Gasteiger charge is -2.14. The number of carbonyl (C=O) groups excluding carboxylic acids is 1. The molecule has 0 aliphatic heterocycles. The topological polar surface area (TPSA) is 40.5 Å². The minimum atomic E-state index is -0.310. The molecule has 4 rings (SSSR count). The summed E-state index contributed by atoms with van der Waals surface area (Å²) < 4.78 is 14.4. The van der Waals surface area contributed by atoms with Crippen molar-refractivity contribution in [2.45, 2.75) is 38.7 Å². The zero-order valence-corrected chi connectivity index (χ0v) is 17.4. The summed E-state index contributed by atoms with van der Waals surface area (Å²) in [5.74, 6) is 0.573. The molecule has 3 aromatic rings. The number of esters is 1. The van der Waals surface area contributed by atoms with E-state index in [2.05, 4.69) is 28.7 Å². The van der Waals surface area contributed by atoms with Gasteiger partial charge in [-0.05, 0) is 104 Å². The van der Waals surface area contributed by atoms with Crippen LogP contribution in [0.5, 0.6) is 5.75 Å². The Morgan fingerprint density at radius 1 is 1.11 bits per heavy atom. The fraction of sp³-hybridized carbons (Fsp3) is 0.318. The van der Waals surface area contributed by atoms with E-state index < -0.39 is 0 Å². The van der Waals surface area contributed by atoms with Crippen LogP contribution in [0.4, 0.5) is 0 Å². The van der Waals surface area contributed by atoms with Crippen LogP contribution in [0.1, 0.15) is 43.1 Å². The van der Waals surface area contributed by atoms with E-state index in [0.717, 1.165) is 38.8 Å². The summed E-state index contributed by atoms with van der Waals surface area (Å²) in [4.78, 5) is 12.5. The van der Waals surface area contributed by atoms with Gasteiger partial charge in [0, 0.05) is 14.6 Å². The Balaban J connectivity index is 1.72. The van der Waals surface area contributed by atoms with Crippen molar-refractivity contribution in [2.75, 3.05) is 6.61 Å². The molecule has 0 N–H and O–H groups in total. The molecule has 1 heterocycles. The summed E-state index contributed by atoms with van der Waals surface area (Å²) in [5, 5.41) is 1.02. The Hall–Kier alpha value is -2.02. The maximum absolute atomic E-state index is 12.5. The van der Waals surface area contributed by atoms with Crippen LogP contribution in [0.3, 0.4) is 0 Å². The maximum Gasteiger partial charge on any atom is 0.355 e. The molecule has 0 saturated heterocycles. The van der Waals surface area contributed by atoms with E-state index >= 15 is 0 Å². The van der Waals surface area contributed by atoms with Gasteiger partial charge in [0.15, 0.2) is 0 Å². The fourth-order valence-electron chi connectivity index (χ4n) is 3.69. The van der Waals surface area contributed by atoms with Gasteiger partial charge in [-0.25, -0.2) is 4.79 Å². The highest BCUT2D eigenvalue weighted by atomic mass is 127. The SMILES string of the molecule is CCOC(=O)c1cc2cc(I)ccc2n1-c1ccc(OC2CCCC2)cc1. The van der Waals surface area contributed by atoms with Crippen molar-refractivity contribution in [3.63, 3.8) is 0 Å². The number of hydrogen-bond acceptors (Lipinski definition) is 3. The first-order chi connectivity index (χ1) is 13.2. The lowest BCUT2D eigenvalue weighted by molar-refractivity contribution is 0.0517. The number of nitrogens with zero attached hydrogens (tertiary/aromatic N) is 1. The Morgan fingerprint density at radius 3 is 2.56 bits per heavy atom. The molecule has 0 atom stereocenters. The van der Waals surface area contributed by atoms with E-state index in [-0.39, 0.29) is 5.97 Å². The molecule has 0 radical (unpaired) electrons. The van der Waals surface area contributed by atoms with Gasteiger partial charge in [-0.15, -0.1) is 0 Å². The number of aromatic nitrogens is 1. The average molecular weight is 475 g/mol. The first kappa shape index (κ1) is 18.3. The van der Waals surface area contributed by atoms with Gasteiger partial charge in [0.05, 0.1) is 18.2 Å². The summed E-state index contributed by atoms with van der Waals surface area (Å²) in [5.41, 5.74) is 2.45. The van der Waals surface area contributed by atoms with Crippen LogP contribution < -0.4 is 4.74 Å². The highest BCUT2D eigenvalue weighted by Gasteiger charge is 2.19. The lowest BCUT2D eigenvalue weighted by Crippen LogP contribution is -2.12. The summed E-state index contributed by atoms with van der Waals surface area (Å²) in [6, 6.07) is 16.1. The van der Waals surface area contributed by atoms with Gasteiger partial charge in [0.2, 0.25) is 0 Å². The first-order valence-electron chi connectivity index (χ1n) is 9.41. The second-order valence-corrected chi connectivity index (χ2v) is 8.05. The Morgan fingerprint density at radius 2 is 1.85 bits per heavy atom. The second-order valence-electron chi connectivity index (χ2n) is 6.81. The van der Waals surface area contributed by atoms with Crippen LogP contribution in [0.25, 0.3) is 16.6 Å². The molecule has 0 unspecified atom stereocenters. The molecule has 1 saturated carbocycles. The monoisotopic (exact) mass is 475 g/mol. The summed E-state index contributed by atoms with van der Waals surface area (Å²) in [7, 11) is 0. The van der Waals surface area contributed by atoms with Crippen molar-refractivity contribution in [1.29, 1.82) is 0 Å². The van der Waals surface area contributed by atoms with Crippen molar-refractivity contribution in [1.82, 2.24) is 4.57 Å². The molecule has 27 heavy (non-hydrogen) atoms. The Kier molecular flexibility index (Phi) is 5.38. The van der Waals surface area contributed by atoms with Crippen LogP contribution in [0.15, 0.2) is 48.5 Å². The standard InChI is InChI=1S/C22H22INO3/c1-2-26-22(25)21-14-15-13-16(23)7-12-20(15)24(21)17-8-10-19(11-9-17)27-18-5-3-4-6-18/h7-14,18H,2-6H2,1H3. The van der Waals surface area contributed by atoms with Gasteiger partial charge in [-0.1, -0.05) is 0 Å². The Labute approximate surface area is 172 Å². The van der Waals surface area contributed by atoms with Crippen LogP contribution >= 0.6 is 22.6 Å². The minimum Gasteiger partial charge on any atom is -0.490 e. The van der Waals surface area contributed by atoms with E-state index in [1.54, 1.807) is 0 Å². The average Bonchev–Trinajstić information content (AvgIpc) is 3.30. The van der Waals surface area contributed by atoms with E-state index in [1.807, 2.05) is 54.0 Å². The summed E-state index contributed by atoms with van der Waals surface area (Å²) in [6.07, 6.45) is 5.10. The number of rotatable bonds is 5. The Bertz CT molecular complexity index is 956.